The summed E-state index contributed by atoms with van der Waals surface area (Å²) in [6, 6.07) is 10.5. The molecule has 1 aliphatic heterocycles. The molecule has 0 bridgehead atoms. The fraction of sp³-hybridized carbons (Fsp3) is 0.579. The summed E-state index contributed by atoms with van der Waals surface area (Å²) < 4.78 is 6.71. The molecule has 0 aromatic heterocycles. The molecular weight excluding hydrogens is 276 g/mol. The molecule has 1 aliphatic carbocycles. The third-order valence-electron chi connectivity index (χ3n) is 4.92. The molecule has 0 spiro atoms. The second-order valence-corrected chi connectivity index (χ2v) is 8.81. The van der Waals surface area contributed by atoms with Crippen LogP contribution in [0.2, 0.25) is 0 Å². The first-order valence-corrected chi connectivity index (χ1v) is 8.99. The average Bonchev–Trinajstić information content (AvgIpc) is 2.45. The summed E-state index contributed by atoms with van der Waals surface area (Å²) in [4.78, 5) is 0. The summed E-state index contributed by atoms with van der Waals surface area (Å²) in [5.41, 5.74) is 1.44. The molecule has 1 heterocycles. The Morgan fingerprint density at radius 1 is 1.19 bits per heavy atom. The Hall–Kier alpha value is -0.730. The molecule has 21 heavy (non-hydrogen) atoms. The minimum absolute atomic E-state index is 0.187. The summed E-state index contributed by atoms with van der Waals surface area (Å²) in [5.74, 6) is 1.52. The van der Waals surface area contributed by atoms with Crippen LogP contribution < -0.4 is 0 Å². The largest absolute Gasteiger partial charge is 0.360 e. The van der Waals surface area contributed by atoms with E-state index in [0.717, 1.165) is 5.92 Å². The van der Waals surface area contributed by atoms with Crippen molar-refractivity contribution in [3.05, 3.63) is 42.0 Å². The van der Waals surface area contributed by atoms with Crippen molar-refractivity contribution in [3.63, 3.8) is 0 Å². The highest BCUT2D eigenvalue weighted by molar-refractivity contribution is 8.01. The van der Waals surface area contributed by atoms with Gasteiger partial charge in [-0.2, -0.15) is 0 Å². The van der Waals surface area contributed by atoms with E-state index in [1.54, 1.807) is 0 Å². The Morgan fingerprint density at radius 3 is 2.71 bits per heavy atom. The van der Waals surface area contributed by atoms with E-state index >= 15 is 0 Å². The van der Waals surface area contributed by atoms with E-state index in [0.29, 0.717) is 16.8 Å². The van der Waals surface area contributed by atoms with Gasteiger partial charge in [-0.25, -0.2) is 0 Å². The fourth-order valence-corrected chi connectivity index (χ4v) is 5.10. The summed E-state index contributed by atoms with van der Waals surface area (Å²) in [6.45, 7) is 7.16. The van der Waals surface area contributed by atoms with Gasteiger partial charge < -0.3 is 4.74 Å². The molecule has 0 unspecified atom stereocenters. The van der Waals surface area contributed by atoms with Gasteiger partial charge in [-0.05, 0) is 36.3 Å². The summed E-state index contributed by atoms with van der Waals surface area (Å²) in [7, 11) is 0. The van der Waals surface area contributed by atoms with E-state index in [-0.39, 0.29) is 5.44 Å². The zero-order valence-electron chi connectivity index (χ0n) is 13.3. The maximum absolute atomic E-state index is 6.39. The zero-order valence-corrected chi connectivity index (χ0v) is 14.1. The van der Waals surface area contributed by atoms with Crippen molar-refractivity contribution in [2.75, 3.05) is 0 Å². The Kier molecular flexibility index (Phi) is 4.46. The van der Waals surface area contributed by atoms with Crippen LogP contribution in [0.3, 0.4) is 0 Å². The zero-order chi connectivity index (χ0) is 14.9. The Morgan fingerprint density at radius 2 is 1.95 bits per heavy atom. The summed E-state index contributed by atoms with van der Waals surface area (Å²) in [5, 5.41) is 0. The Bertz CT molecular complexity index is 494. The van der Waals surface area contributed by atoms with Crippen LogP contribution in [-0.2, 0) is 4.74 Å². The Labute approximate surface area is 133 Å². The van der Waals surface area contributed by atoms with Crippen LogP contribution in [0.15, 0.2) is 36.4 Å². The van der Waals surface area contributed by atoms with Crippen LogP contribution in [0, 0.1) is 11.8 Å². The van der Waals surface area contributed by atoms with Crippen LogP contribution >= 0.6 is 11.8 Å². The first-order valence-electron chi connectivity index (χ1n) is 8.11. The van der Waals surface area contributed by atoms with Crippen molar-refractivity contribution in [2.24, 2.45) is 11.8 Å². The number of ether oxygens (including phenoxy) is 1. The average molecular weight is 302 g/mol. The number of fused-ring (bicyclic) bond motifs is 1. The minimum Gasteiger partial charge on any atom is -0.360 e. The van der Waals surface area contributed by atoms with E-state index in [1.807, 2.05) is 11.8 Å². The lowest BCUT2D eigenvalue weighted by atomic mass is 9.75. The molecule has 3 rings (SSSR count). The van der Waals surface area contributed by atoms with Crippen LogP contribution in [0.1, 0.15) is 45.6 Å². The van der Waals surface area contributed by atoms with Crippen molar-refractivity contribution >= 4 is 17.8 Å². The maximum Gasteiger partial charge on any atom is 0.122 e. The van der Waals surface area contributed by atoms with Gasteiger partial charge in [-0.15, -0.1) is 11.8 Å². The number of benzene rings is 1. The third kappa shape index (κ3) is 3.54. The maximum atomic E-state index is 6.39. The van der Waals surface area contributed by atoms with E-state index in [2.05, 4.69) is 63.3 Å². The molecule has 2 heteroatoms. The van der Waals surface area contributed by atoms with Crippen molar-refractivity contribution in [1.82, 2.24) is 0 Å². The van der Waals surface area contributed by atoms with Gasteiger partial charge >= 0.3 is 0 Å². The van der Waals surface area contributed by atoms with E-state index in [1.165, 1.54) is 24.8 Å². The van der Waals surface area contributed by atoms with E-state index < -0.39 is 0 Å². The molecule has 0 radical (unpaired) electrons. The van der Waals surface area contributed by atoms with E-state index in [4.69, 9.17) is 4.74 Å². The molecule has 1 aromatic carbocycles. The van der Waals surface area contributed by atoms with Gasteiger partial charge in [0.15, 0.2) is 0 Å². The lowest BCUT2D eigenvalue weighted by molar-refractivity contribution is -0.0440. The first-order chi connectivity index (χ1) is 10.0. The monoisotopic (exact) mass is 302 g/mol. The van der Waals surface area contributed by atoms with Gasteiger partial charge in [0.25, 0.3) is 0 Å². The SMILES string of the molecule is C[C@@H]1CC[C@@H]2[C@@H](C1)O[C@@H](/C=C/c1ccccc1)SC2(C)C. The van der Waals surface area contributed by atoms with Crippen molar-refractivity contribution < 1.29 is 4.74 Å². The van der Waals surface area contributed by atoms with Crippen molar-refractivity contribution in [1.29, 1.82) is 0 Å². The predicted molar refractivity (Wildman–Crippen MR) is 92.3 cm³/mol. The quantitative estimate of drug-likeness (QED) is 0.726. The topological polar surface area (TPSA) is 9.23 Å². The molecule has 2 fully saturated rings. The summed E-state index contributed by atoms with van der Waals surface area (Å²) in [6.07, 6.45) is 8.78. The van der Waals surface area contributed by atoms with Crippen molar-refractivity contribution in [2.45, 2.75) is 56.3 Å². The van der Waals surface area contributed by atoms with Crippen LogP contribution in [0.25, 0.3) is 6.08 Å². The van der Waals surface area contributed by atoms with Gasteiger partial charge in [-0.3, -0.25) is 0 Å². The third-order valence-corrected chi connectivity index (χ3v) is 6.33. The first kappa shape index (κ1) is 15.2. The minimum atomic E-state index is 0.187. The molecule has 4 atom stereocenters. The number of rotatable bonds is 2. The van der Waals surface area contributed by atoms with Gasteiger partial charge in [0.1, 0.15) is 5.44 Å². The number of hydrogen-bond acceptors (Lipinski definition) is 2. The second kappa shape index (κ2) is 6.18. The molecule has 0 amide bonds. The smallest absolute Gasteiger partial charge is 0.122 e. The second-order valence-electron chi connectivity index (χ2n) is 7.06. The van der Waals surface area contributed by atoms with Gasteiger partial charge in [0.05, 0.1) is 6.10 Å². The van der Waals surface area contributed by atoms with Crippen molar-refractivity contribution in [3.8, 4) is 0 Å². The predicted octanol–water partition coefficient (Wildman–Crippen LogP) is 5.37. The standard InChI is InChI=1S/C19H26OS/c1-14-9-11-16-17(13-14)20-18(21-19(16,2)3)12-10-15-7-5-4-6-8-15/h4-8,10,12,14,16-18H,9,11,13H2,1-3H3/b12-10+/t14-,16-,17-,18-/m1/s1. The Balaban J connectivity index is 1.71. The highest BCUT2D eigenvalue weighted by atomic mass is 32.2. The molecule has 0 N–H and O–H groups in total. The molecule has 1 saturated heterocycles. The van der Waals surface area contributed by atoms with Crippen LogP contribution in [0.4, 0.5) is 0 Å². The molecule has 1 saturated carbocycles. The highest BCUT2D eigenvalue weighted by Gasteiger charge is 2.45. The molecule has 2 aliphatic rings. The lowest BCUT2D eigenvalue weighted by Crippen LogP contribution is -2.48. The molecule has 1 nitrogen and oxygen atoms in total. The van der Waals surface area contributed by atoms with Crippen LogP contribution in [0.5, 0.6) is 0 Å². The molecular formula is C19H26OS. The van der Waals surface area contributed by atoms with Gasteiger partial charge in [-0.1, -0.05) is 63.6 Å². The fourth-order valence-electron chi connectivity index (χ4n) is 3.70. The highest BCUT2D eigenvalue weighted by Crippen LogP contribution is 2.50. The normalized spacial score (nSPS) is 35.6. The van der Waals surface area contributed by atoms with Gasteiger partial charge in [0.2, 0.25) is 0 Å². The summed E-state index contributed by atoms with van der Waals surface area (Å²) >= 11 is 1.99. The molecule has 1 aromatic rings. The molecule has 114 valence electrons. The lowest BCUT2D eigenvalue weighted by Gasteiger charge is -2.49. The van der Waals surface area contributed by atoms with E-state index in [9.17, 15) is 0 Å². The number of hydrogen-bond donors (Lipinski definition) is 0. The number of thioether (sulfide) groups is 1. The van der Waals surface area contributed by atoms with Crippen LogP contribution in [-0.4, -0.2) is 16.3 Å². The van der Waals surface area contributed by atoms with Gasteiger partial charge in [0, 0.05) is 4.75 Å².